The van der Waals surface area contributed by atoms with Crippen molar-refractivity contribution in [3.8, 4) is 16.9 Å². The molecule has 2 aromatic rings. The monoisotopic (exact) mass is 561 g/mol. The Kier molecular flexibility index (Phi) is 12.8. The highest BCUT2D eigenvalue weighted by Gasteiger charge is 2.42. The minimum absolute atomic E-state index is 0.0949. The van der Waals surface area contributed by atoms with Crippen LogP contribution in [-0.2, 0) is 23.7 Å². The van der Waals surface area contributed by atoms with Gasteiger partial charge in [-0.2, -0.15) is 0 Å². The molecule has 220 valence electrons. The van der Waals surface area contributed by atoms with E-state index in [-0.39, 0.29) is 44.8 Å². The minimum atomic E-state index is -1.36. The van der Waals surface area contributed by atoms with Gasteiger partial charge in [0, 0.05) is 6.54 Å². The summed E-state index contributed by atoms with van der Waals surface area (Å²) < 4.78 is 26.9. The van der Waals surface area contributed by atoms with Crippen molar-refractivity contribution >= 4 is 11.9 Å². The molecule has 0 unspecified atom stereocenters. The first kappa shape index (κ1) is 31.5. The largest absolute Gasteiger partial charge is 0.484 e. The molecule has 1 fully saturated rings. The first-order chi connectivity index (χ1) is 19.3. The number of hydrogen-bond donors (Lipinski definition) is 4. The Morgan fingerprint density at radius 1 is 0.925 bits per heavy atom. The second-order valence-corrected chi connectivity index (χ2v) is 9.40. The smallest absolute Gasteiger partial charge is 0.338 e. The van der Waals surface area contributed by atoms with Crippen molar-refractivity contribution in [3.63, 3.8) is 0 Å². The standard InChI is InChI=1S/C29H39NO10/c1-3-4-13-37-28(35)22-7-5-6-21(17-22)20-8-10-23(11-9-20)39-18-24(31)30-12-14-36-15-16-38-29-27(34)26(33)25(32)19(2)40-29/h5-11,17,19,25-27,29,32-34H,3-4,12-16,18H2,1-2H3,(H,30,31)/t19-,25-,26+,27+,29+/m0/s1. The van der Waals surface area contributed by atoms with Crippen LogP contribution in [0.2, 0.25) is 0 Å². The van der Waals surface area contributed by atoms with E-state index in [2.05, 4.69) is 5.32 Å². The van der Waals surface area contributed by atoms with Crippen molar-refractivity contribution in [2.75, 3.05) is 39.6 Å². The van der Waals surface area contributed by atoms with Crippen LogP contribution in [0.15, 0.2) is 48.5 Å². The highest BCUT2D eigenvalue weighted by atomic mass is 16.7. The fourth-order valence-corrected chi connectivity index (χ4v) is 3.90. The summed E-state index contributed by atoms with van der Waals surface area (Å²) in [6.45, 7) is 4.63. The lowest BCUT2D eigenvalue weighted by molar-refractivity contribution is -0.294. The van der Waals surface area contributed by atoms with Gasteiger partial charge >= 0.3 is 5.97 Å². The summed E-state index contributed by atoms with van der Waals surface area (Å²) in [5.74, 6) is -0.120. The fraction of sp³-hybridized carbons (Fsp3) is 0.517. The second-order valence-electron chi connectivity index (χ2n) is 9.40. The van der Waals surface area contributed by atoms with E-state index in [1.807, 2.05) is 31.2 Å². The van der Waals surface area contributed by atoms with Crippen LogP contribution in [0.1, 0.15) is 37.0 Å². The molecule has 11 heteroatoms. The molecule has 11 nitrogen and oxygen atoms in total. The summed E-state index contributed by atoms with van der Waals surface area (Å²) in [5, 5.41) is 32.1. The maximum atomic E-state index is 12.2. The number of esters is 1. The third-order valence-corrected chi connectivity index (χ3v) is 6.27. The van der Waals surface area contributed by atoms with Gasteiger partial charge in [-0.25, -0.2) is 4.79 Å². The van der Waals surface area contributed by atoms with Crippen LogP contribution in [0.5, 0.6) is 5.75 Å². The van der Waals surface area contributed by atoms with Crippen LogP contribution >= 0.6 is 0 Å². The zero-order valence-electron chi connectivity index (χ0n) is 22.9. The number of aliphatic hydroxyl groups is 3. The van der Waals surface area contributed by atoms with Crippen LogP contribution < -0.4 is 10.1 Å². The predicted octanol–water partition coefficient (Wildman–Crippen LogP) is 1.67. The molecule has 2 aromatic carbocycles. The third-order valence-electron chi connectivity index (χ3n) is 6.27. The maximum Gasteiger partial charge on any atom is 0.338 e. The summed E-state index contributed by atoms with van der Waals surface area (Å²) in [4.78, 5) is 24.3. The van der Waals surface area contributed by atoms with E-state index in [1.165, 1.54) is 0 Å². The number of unbranched alkanes of at least 4 members (excludes halogenated alkanes) is 1. The Hall–Kier alpha value is -3.06. The number of carbonyl (C=O) groups excluding carboxylic acids is 2. The maximum absolute atomic E-state index is 12.2. The molecular formula is C29H39NO10. The molecule has 0 aromatic heterocycles. The van der Waals surface area contributed by atoms with Gasteiger partial charge in [0.15, 0.2) is 12.9 Å². The lowest BCUT2D eigenvalue weighted by Crippen LogP contribution is -2.57. The van der Waals surface area contributed by atoms with Gasteiger partial charge < -0.3 is 44.3 Å². The normalized spacial score (nSPS) is 22.5. The molecule has 4 N–H and O–H groups in total. The van der Waals surface area contributed by atoms with Gasteiger partial charge in [0.25, 0.3) is 5.91 Å². The summed E-state index contributed by atoms with van der Waals surface area (Å²) >= 11 is 0. The highest BCUT2D eigenvalue weighted by Crippen LogP contribution is 2.24. The van der Waals surface area contributed by atoms with Crippen molar-refractivity contribution in [2.45, 2.75) is 57.4 Å². The molecule has 5 atom stereocenters. The van der Waals surface area contributed by atoms with E-state index < -0.39 is 30.7 Å². The number of ether oxygens (including phenoxy) is 5. The molecule has 1 aliphatic rings. The van der Waals surface area contributed by atoms with Crippen LogP contribution in [0.3, 0.4) is 0 Å². The molecule has 0 spiro atoms. The molecular weight excluding hydrogens is 522 g/mol. The van der Waals surface area contributed by atoms with E-state index in [1.54, 1.807) is 31.2 Å². The molecule has 0 aliphatic carbocycles. The van der Waals surface area contributed by atoms with Gasteiger partial charge in [0.2, 0.25) is 0 Å². The van der Waals surface area contributed by atoms with Crippen molar-refractivity contribution in [2.24, 2.45) is 0 Å². The Labute approximate surface area is 234 Å². The van der Waals surface area contributed by atoms with Crippen molar-refractivity contribution in [3.05, 3.63) is 54.1 Å². The molecule has 1 heterocycles. The van der Waals surface area contributed by atoms with Crippen LogP contribution in [0, 0.1) is 0 Å². The molecule has 0 radical (unpaired) electrons. The van der Waals surface area contributed by atoms with E-state index in [9.17, 15) is 24.9 Å². The van der Waals surface area contributed by atoms with E-state index in [4.69, 9.17) is 23.7 Å². The summed E-state index contributed by atoms with van der Waals surface area (Å²) in [6.07, 6.45) is -3.85. The summed E-state index contributed by atoms with van der Waals surface area (Å²) in [7, 11) is 0. The lowest BCUT2D eigenvalue weighted by atomic mass is 10.0. The zero-order chi connectivity index (χ0) is 28.9. The van der Waals surface area contributed by atoms with Crippen molar-refractivity contribution in [1.82, 2.24) is 5.32 Å². The molecule has 0 saturated carbocycles. The summed E-state index contributed by atoms with van der Waals surface area (Å²) in [5.41, 5.74) is 2.26. The van der Waals surface area contributed by atoms with Crippen molar-refractivity contribution in [1.29, 1.82) is 0 Å². The predicted molar refractivity (Wildman–Crippen MR) is 145 cm³/mol. The average Bonchev–Trinajstić information content (AvgIpc) is 2.97. The van der Waals surface area contributed by atoms with Crippen LogP contribution in [0.4, 0.5) is 0 Å². The van der Waals surface area contributed by atoms with Gasteiger partial charge in [0.1, 0.15) is 24.1 Å². The number of benzene rings is 2. The quantitative estimate of drug-likeness (QED) is 0.187. The number of carbonyl (C=O) groups is 2. The Morgan fingerprint density at radius 2 is 1.70 bits per heavy atom. The van der Waals surface area contributed by atoms with Gasteiger partial charge in [-0.3, -0.25) is 4.79 Å². The molecule has 0 bridgehead atoms. The van der Waals surface area contributed by atoms with Gasteiger partial charge in [-0.1, -0.05) is 37.6 Å². The molecule has 40 heavy (non-hydrogen) atoms. The Bertz CT molecular complexity index is 1060. The number of amides is 1. The topological polar surface area (TPSA) is 153 Å². The summed E-state index contributed by atoms with van der Waals surface area (Å²) in [6, 6.07) is 14.4. The second kappa shape index (κ2) is 16.3. The average molecular weight is 562 g/mol. The van der Waals surface area contributed by atoms with E-state index >= 15 is 0 Å². The number of aliphatic hydroxyl groups excluding tert-OH is 3. The molecule has 1 amide bonds. The Morgan fingerprint density at radius 3 is 2.45 bits per heavy atom. The number of nitrogens with one attached hydrogen (secondary N) is 1. The third kappa shape index (κ3) is 9.54. The van der Waals surface area contributed by atoms with Gasteiger partial charge in [-0.15, -0.1) is 0 Å². The minimum Gasteiger partial charge on any atom is -0.484 e. The number of hydrogen-bond acceptors (Lipinski definition) is 10. The zero-order valence-corrected chi connectivity index (χ0v) is 22.9. The molecule has 1 saturated heterocycles. The van der Waals surface area contributed by atoms with Gasteiger partial charge in [0.05, 0.1) is 38.1 Å². The first-order valence-electron chi connectivity index (χ1n) is 13.5. The molecule has 1 aliphatic heterocycles. The highest BCUT2D eigenvalue weighted by molar-refractivity contribution is 5.91. The number of rotatable bonds is 15. The van der Waals surface area contributed by atoms with Crippen molar-refractivity contribution < 1.29 is 48.6 Å². The molecule has 3 rings (SSSR count). The Balaban J connectivity index is 1.30. The fourth-order valence-electron chi connectivity index (χ4n) is 3.90. The van der Waals surface area contributed by atoms with E-state index in [0.29, 0.717) is 17.9 Å². The van der Waals surface area contributed by atoms with Crippen LogP contribution in [-0.4, -0.2) is 97.5 Å². The lowest BCUT2D eigenvalue weighted by Gasteiger charge is -2.38. The van der Waals surface area contributed by atoms with Gasteiger partial charge in [-0.05, 0) is 48.7 Å². The van der Waals surface area contributed by atoms with E-state index in [0.717, 1.165) is 24.0 Å². The first-order valence-corrected chi connectivity index (χ1v) is 13.5. The van der Waals surface area contributed by atoms with Crippen LogP contribution in [0.25, 0.3) is 11.1 Å². The SMILES string of the molecule is CCCCOC(=O)c1cccc(-c2ccc(OCC(=O)NCCOCCO[C@@H]3O[C@@H](C)[C@H](O)[C@@H](O)[C@H]3O)cc2)c1.